The summed E-state index contributed by atoms with van der Waals surface area (Å²) in [4.78, 5) is 6.34. The molecule has 172 valence electrons. The highest BCUT2D eigenvalue weighted by molar-refractivity contribution is 5.94. The van der Waals surface area contributed by atoms with Gasteiger partial charge in [-0.1, -0.05) is 17.9 Å². The summed E-state index contributed by atoms with van der Waals surface area (Å²) in [5.41, 5.74) is 1.42. The maximum Gasteiger partial charge on any atom is 0.261 e. The van der Waals surface area contributed by atoms with Crippen molar-refractivity contribution in [3.63, 3.8) is 0 Å². The normalized spacial score (nSPS) is 16.9. The van der Waals surface area contributed by atoms with Crippen LogP contribution in [-0.2, 0) is 6.42 Å². The van der Waals surface area contributed by atoms with E-state index in [1.54, 1.807) is 6.07 Å². The quantitative estimate of drug-likeness (QED) is 0.293. The molecule has 4 aromatic rings. The monoisotopic (exact) mass is 465 g/mol. The molecule has 9 heteroatoms. The summed E-state index contributed by atoms with van der Waals surface area (Å²) < 4.78 is 58.9. The van der Waals surface area contributed by atoms with Crippen LogP contribution >= 0.6 is 0 Å². The number of benzene rings is 2. The van der Waals surface area contributed by atoms with Gasteiger partial charge >= 0.3 is 0 Å². The Morgan fingerprint density at radius 1 is 1.12 bits per heavy atom. The smallest absolute Gasteiger partial charge is 0.261 e. The second-order valence-electron chi connectivity index (χ2n) is 8.97. The summed E-state index contributed by atoms with van der Waals surface area (Å²) in [6, 6.07) is 8.00. The average molecular weight is 465 g/mol. The molecule has 34 heavy (non-hydrogen) atoms. The molecule has 1 aliphatic carbocycles. The van der Waals surface area contributed by atoms with E-state index in [2.05, 4.69) is 27.0 Å². The standard InChI is InChI=1S/C25H19F4N5/c1-24(28,29)25(11-12-25)10-9-15-4-2-6-18-16(15)5-3-13-33(18)22-20-19(8-7-17(26)21(20)27)34-14-30-32-23(34)31-22/h2,4,6-8,14H,3,5,11-13H2,1H3. The molecule has 0 spiro atoms. The molecule has 0 unspecified atom stereocenters. The van der Waals surface area contributed by atoms with E-state index in [0.717, 1.165) is 24.2 Å². The third kappa shape index (κ3) is 3.05. The molecule has 3 heterocycles. The minimum absolute atomic E-state index is 0.0270. The summed E-state index contributed by atoms with van der Waals surface area (Å²) in [6.07, 6.45) is 3.56. The Morgan fingerprint density at radius 2 is 1.94 bits per heavy atom. The van der Waals surface area contributed by atoms with Gasteiger partial charge < -0.3 is 4.90 Å². The van der Waals surface area contributed by atoms with Crippen molar-refractivity contribution in [1.82, 2.24) is 19.6 Å². The van der Waals surface area contributed by atoms with Crippen molar-refractivity contribution in [3.05, 3.63) is 59.4 Å². The highest BCUT2D eigenvalue weighted by atomic mass is 19.3. The van der Waals surface area contributed by atoms with Gasteiger partial charge in [0.25, 0.3) is 11.7 Å². The number of halogens is 4. The van der Waals surface area contributed by atoms with E-state index in [-0.39, 0.29) is 17.0 Å². The van der Waals surface area contributed by atoms with Crippen LogP contribution in [0.25, 0.3) is 16.7 Å². The molecule has 2 aromatic heterocycles. The first-order valence-corrected chi connectivity index (χ1v) is 11.1. The number of hydrogen-bond acceptors (Lipinski definition) is 4. The maximum atomic E-state index is 15.1. The number of hydrogen-bond donors (Lipinski definition) is 0. The van der Waals surface area contributed by atoms with Crippen LogP contribution in [0.1, 0.15) is 37.3 Å². The van der Waals surface area contributed by atoms with Crippen LogP contribution in [0.3, 0.4) is 0 Å². The Morgan fingerprint density at radius 3 is 2.71 bits per heavy atom. The van der Waals surface area contributed by atoms with Gasteiger partial charge in [0.2, 0.25) is 0 Å². The third-order valence-electron chi connectivity index (χ3n) is 6.82. The molecule has 1 aliphatic heterocycles. The predicted molar refractivity (Wildman–Crippen MR) is 119 cm³/mol. The summed E-state index contributed by atoms with van der Waals surface area (Å²) in [6.45, 7) is 1.44. The molecule has 2 aromatic carbocycles. The van der Waals surface area contributed by atoms with Gasteiger partial charge in [-0.3, -0.25) is 4.40 Å². The molecular formula is C25H19F4N5. The van der Waals surface area contributed by atoms with E-state index in [1.807, 2.05) is 17.0 Å². The van der Waals surface area contributed by atoms with Gasteiger partial charge in [0.05, 0.1) is 16.3 Å². The van der Waals surface area contributed by atoms with Crippen LogP contribution in [0.15, 0.2) is 36.7 Å². The van der Waals surface area contributed by atoms with Gasteiger partial charge in [-0.05, 0) is 55.5 Å². The van der Waals surface area contributed by atoms with Gasteiger partial charge in [-0.15, -0.1) is 10.2 Å². The molecule has 0 atom stereocenters. The third-order valence-corrected chi connectivity index (χ3v) is 6.82. The van der Waals surface area contributed by atoms with Crippen LogP contribution in [0.4, 0.5) is 29.1 Å². The Labute approximate surface area is 192 Å². The van der Waals surface area contributed by atoms with Gasteiger partial charge in [0, 0.05) is 24.7 Å². The highest BCUT2D eigenvalue weighted by Crippen LogP contribution is 2.56. The second kappa shape index (κ2) is 7.16. The summed E-state index contributed by atoms with van der Waals surface area (Å²) >= 11 is 0. The minimum atomic E-state index is -2.86. The number of fused-ring (bicyclic) bond motifs is 4. The Bertz CT molecular complexity index is 1520. The minimum Gasteiger partial charge on any atom is -0.325 e. The average Bonchev–Trinajstić information content (AvgIpc) is 3.48. The molecule has 6 rings (SSSR count). The number of aromatic nitrogens is 4. The molecule has 5 nitrogen and oxygen atoms in total. The van der Waals surface area contributed by atoms with Crippen molar-refractivity contribution in [2.75, 3.05) is 11.4 Å². The zero-order valence-corrected chi connectivity index (χ0v) is 18.2. The Balaban J connectivity index is 1.53. The molecule has 2 aliphatic rings. The van der Waals surface area contributed by atoms with E-state index < -0.39 is 23.0 Å². The highest BCUT2D eigenvalue weighted by Gasteiger charge is 2.58. The van der Waals surface area contributed by atoms with E-state index >= 15 is 4.39 Å². The number of alkyl halides is 2. The molecular weight excluding hydrogens is 446 g/mol. The number of anilines is 2. The van der Waals surface area contributed by atoms with Gasteiger partial charge in [0.15, 0.2) is 11.6 Å². The van der Waals surface area contributed by atoms with Crippen molar-refractivity contribution in [2.45, 2.75) is 38.5 Å². The fraction of sp³-hybridized carbons (Fsp3) is 0.320. The molecule has 0 N–H and O–H groups in total. The zero-order valence-electron chi connectivity index (χ0n) is 18.2. The topological polar surface area (TPSA) is 46.3 Å². The largest absolute Gasteiger partial charge is 0.325 e. The van der Waals surface area contributed by atoms with Crippen LogP contribution in [0.2, 0.25) is 0 Å². The Kier molecular flexibility index (Phi) is 4.40. The zero-order chi connectivity index (χ0) is 23.7. The van der Waals surface area contributed by atoms with Crippen molar-refractivity contribution in [1.29, 1.82) is 0 Å². The van der Waals surface area contributed by atoms with E-state index in [4.69, 9.17) is 0 Å². The molecule has 0 radical (unpaired) electrons. The molecule has 0 saturated heterocycles. The van der Waals surface area contributed by atoms with Crippen molar-refractivity contribution < 1.29 is 17.6 Å². The van der Waals surface area contributed by atoms with Crippen LogP contribution < -0.4 is 4.90 Å². The van der Waals surface area contributed by atoms with Crippen molar-refractivity contribution in [2.24, 2.45) is 5.41 Å². The first-order chi connectivity index (χ1) is 16.3. The predicted octanol–water partition coefficient (Wildman–Crippen LogP) is 5.43. The number of nitrogens with zero attached hydrogens (tertiary/aromatic N) is 5. The van der Waals surface area contributed by atoms with Crippen LogP contribution in [0.5, 0.6) is 0 Å². The van der Waals surface area contributed by atoms with Gasteiger partial charge in [-0.2, -0.15) is 4.98 Å². The summed E-state index contributed by atoms with van der Waals surface area (Å²) in [7, 11) is 0. The fourth-order valence-corrected chi connectivity index (χ4v) is 4.72. The van der Waals surface area contributed by atoms with Gasteiger partial charge in [0.1, 0.15) is 12.1 Å². The number of rotatable bonds is 2. The first kappa shape index (κ1) is 20.9. The fourth-order valence-electron chi connectivity index (χ4n) is 4.72. The lowest BCUT2D eigenvalue weighted by atomic mass is 9.94. The SMILES string of the molecule is CC(F)(F)C1(C#Cc2cccc3c2CCCN3c2nc3nncn3c3ccc(F)c(F)c23)CC1. The van der Waals surface area contributed by atoms with E-state index in [0.29, 0.717) is 43.3 Å². The molecule has 0 bridgehead atoms. The van der Waals surface area contributed by atoms with Crippen molar-refractivity contribution in [3.8, 4) is 11.8 Å². The Hall–Kier alpha value is -3.67. The second-order valence-corrected chi connectivity index (χ2v) is 8.97. The lowest BCUT2D eigenvalue weighted by Gasteiger charge is -2.32. The van der Waals surface area contributed by atoms with Gasteiger partial charge in [-0.25, -0.2) is 17.6 Å². The lowest BCUT2D eigenvalue weighted by Crippen LogP contribution is -2.27. The van der Waals surface area contributed by atoms with Crippen LogP contribution in [-0.4, -0.2) is 32.0 Å². The van der Waals surface area contributed by atoms with E-state index in [9.17, 15) is 13.2 Å². The molecule has 0 amide bonds. The lowest BCUT2D eigenvalue weighted by molar-refractivity contribution is -0.0294. The summed E-state index contributed by atoms with van der Waals surface area (Å²) in [5, 5.41) is 7.89. The summed E-state index contributed by atoms with van der Waals surface area (Å²) in [5.74, 6) is 1.49. The van der Waals surface area contributed by atoms with E-state index in [1.165, 1.54) is 16.8 Å². The van der Waals surface area contributed by atoms with Crippen LogP contribution in [0, 0.1) is 28.9 Å². The first-order valence-electron chi connectivity index (χ1n) is 11.1. The maximum absolute atomic E-state index is 15.1. The molecule has 1 saturated carbocycles. The van der Waals surface area contributed by atoms with Crippen molar-refractivity contribution >= 4 is 28.2 Å². The molecule has 1 fully saturated rings.